The summed E-state index contributed by atoms with van der Waals surface area (Å²) in [6.07, 6.45) is 0.928. The summed E-state index contributed by atoms with van der Waals surface area (Å²) in [4.78, 5) is 57.9. The molecule has 1 heterocycles. The van der Waals surface area contributed by atoms with Gasteiger partial charge in [0.2, 0.25) is 23.5 Å². The highest BCUT2D eigenvalue weighted by Crippen LogP contribution is 2.36. The third kappa shape index (κ3) is 9.51. The van der Waals surface area contributed by atoms with E-state index < -0.39 is 47.4 Å². The average Bonchev–Trinajstić information content (AvgIpc) is 2.91. The Balaban J connectivity index is 1.71. The van der Waals surface area contributed by atoms with E-state index in [1.807, 2.05) is 6.07 Å². The van der Waals surface area contributed by atoms with E-state index in [0.717, 1.165) is 5.56 Å². The SMILES string of the molecule is CN(C)CC(NC(=O)C1CCC(F)(F)CC1)C(=O)N[C@H](Cc1ccccc1)C(=O)C(=O)NCc1ccccn1. The molecule has 0 bridgehead atoms. The molecule has 1 unspecified atom stereocenters. The van der Waals surface area contributed by atoms with Gasteiger partial charge in [0, 0.05) is 37.9 Å². The maximum absolute atomic E-state index is 13.5. The molecule has 3 amide bonds. The van der Waals surface area contributed by atoms with Crippen molar-refractivity contribution >= 4 is 23.5 Å². The molecule has 210 valence electrons. The third-order valence-corrected chi connectivity index (χ3v) is 6.56. The summed E-state index contributed by atoms with van der Waals surface area (Å²) >= 11 is 0. The van der Waals surface area contributed by atoms with Crippen LogP contribution in [0.3, 0.4) is 0 Å². The largest absolute Gasteiger partial charge is 0.344 e. The normalized spacial score (nSPS) is 16.6. The third-order valence-electron chi connectivity index (χ3n) is 6.56. The first kappa shape index (κ1) is 29.8. The minimum atomic E-state index is -2.78. The fourth-order valence-corrected chi connectivity index (χ4v) is 4.40. The zero-order valence-electron chi connectivity index (χ0n) is 22.2. The van der Waals surface area contributed by atoms with Crippen LogP contribution in [-0.2, 0) is 32.1 Å². The predicted molar refractivity (Wildman–Crippen MR) is 141 cm³/mol. The first-order valence-corrected chi connectivity index (χ1v) is 12.9. The van der Waals surface area contributed by atoms with Crippen LogP contribution in [0.4, 0.5) is 8.78 Å². The molecule has 11 heteroatoms. The molecular weight excluding hydrogens is 508 g/mol. The van der Waals surface area contributed by atoms with Crippen LogP contribution in [0.2, 0.25) is 0 Å². The van der Waals surface area contributed by atoms with Crippen molar-refractivity contribution in [2.75, 3.05) is 20.6 Å². The highest BCUT2D eigenvalue weighted by molar-refractivity contribution is 6.38. The summed E-state index contributed by atoms with van der Waals surface area (Å²) in [6.45, 7) is 0.149. The number of rotatable bonds is 12. The summed E-state index contributed by atoms with van der Waals surface area (Å²) in [6, 6.07) is 11.9. The minimum Gasteiger partial charge on any atom is -0.344 e. The first-order valence-electron chi connectivity index (χ1n) is 12.9. The van der Waals surface area contributed by atoms with Crippen LogP contribution in [0.1, 0.15) is 36.9 Å². The zero-order valence-corrected chi connectivity index (χ0v) is 22.2. The number of likely N-dealkylation sites (N-methyl/N-ethyl adjacent to an activating group) is 1. The van der Waals surface area contributed by atoms with Crippen LogP contribution in [0.15, 0.2) is 54.7 Å². The molecule has 0 radical (unpaired) electrons. The van der Waals surface area contributed by atoms with E-state index in [0.29, 0.717) is 5.69 Å². The van der Waals surface area contributed by atoms with Crippen LogP contribution in [0, 0.1) is 5.92 Å². The van der Waals surface area contributed by atoms with Crippen LogP contribution in [-0.4, -0.2) is 72.0 Å². The second kappa shape index (κ2) is 13.9. The van der Waals surface area contributed by atoms with Gasteiger partial charge in [-0.3, -0.25) is 24.2 Å². The van der Waals surface area contributed by atoms with Gasteiger partial charge in [0.1, 0.15) is 12.1 Å². The molecule has 0 spiro atoms. The van der Waals surface area contributed by atoms with Crippen LogP contribution in [0.25, 0.3) is 0 Å². The first-order chi connectivity index (χ1) is 18.5. The van der Waals surface area contributed by atoms with E-state index in [1.54, 1.807) is 67.7 Å². The average molecular weight is 544 g/mol. The molecule has 1 aliphatic carbocycles. The number of aromatic nitrogens is 1. The summed E-state index contributed by atoms with van der Waals surface area (Å²) in [5.74, 6) is -6.25. The number of Topliss-reactive ketones (excluding diaryl/α,β-unsaturated/α-hetero) is 1. The second-order valence-corrected chi connectivity index (χ2v) is 10.1. The van der Waals surface area contributed by atoms with Crippen molar-refractivity contribution in [3.63, 3.8) is 0 Å². The monoisotopic (exact) mass is 543 g/mol. The standard InChI is InChI=1S/C28H35F2N5O4/c1-35(2)18-23(34-25(37)20-11-13-28(29,30)14-12-20)26(38)33-22(16-19-8-4-3-5-9-19)24(36)27(39)32-17-21-10-6-7-15-31-21/h3-10,15,20,22-23H,11-14,16-18H2,1-2H3,(H,32,39)(H,33,38)(H,34,37)/t22-,23?/m1/s1. The van der Waals surface area contributed by atoms with Gasteiger partial charge < -0.3 is 20.9 Å². The van der Waals surface area contributed by atoms with Gasteiger partial charge in [0.15, 0.2) is 0 Å². The molecular formula is C28H35F2N5O4. The number of pyridine rings is 1. The molecule has 2 aromatic rings. The molecule has 0 aliphatic heterocycles. The number of nitrogens with zero attached hydrogens (tertiary/aromatic N) is 2. The van der Waals surface area contributed by atoms with Crippen LogP contribution < -0.4 is 16.0 Å². The lowest BCUT2D eigenvalue weighted by molar-refractivity contribution is -0.140. The lowest BCUT2D eigenvalue weighted by Crippen LogP contribution is -2.57. The van der Waals surface area contributed by atoms with Crippen LogP contribution >= 0.6 is 0 Å². The van der Waals surface area contributed by atoms with Crippen molar-refractivity contribution in [1.29, 1.82) is 0 Å². The number of nitrogens with one attached hydrogen (secondary N) is 3. The maximum atomic E-state index is 13.5. The molecule has 2 atom stereocenters. The molecule has 1 aromatic heterocycles. The summed E-state index contributed by atoms with van der Waals surface area (Å²) < 4.78 is 27.1. The van der Waals surface area contributed by atoms with Gasteiger partial charge >= 0.3 is 0 Å². The van der Waals surface area contributed by atoms with Crippen molar-refractivity contribution in [2.24, 2.45) is 5.92 Å². The Morgan fingerprint density at radius 1 is 0.974 bits per heavy atom. The number of benzene rings is 1. The summed E-state index contributed by atoms with van der Waals surface area (Å²) in [5, 5.41) is 7.86. The Hall–Kier alpha value is -3.73. The van der Waals surface area contributed by atoms with Gasteiger partial charge in [0.05, 0.1) is 12.2 Å². The lowest BCUT2D eigenvalue weighted by Gasteiger charge is -2.30. The van der Waals surface area contributed by atoms with E-state index >= 15 is 0 Å². The molecule has 0 saturated heterocycles. The fraction of sp³-hybridized carbons (Fsp3) is 0.464. The second-order valence-electron chi connectivity index (χ2n) is 10.1. The topological polar surface area (TPSA) is 121 Å². The molecule has 1 saturated carbocycles. The Morgan fingerprint density at radius 3 is 2.26 bits per heavy atom. The number of hydrogen-bond donors (Lipinski definition) is 3. The maximum Gasteiger partial charge on any atom is 0.289 e. The van der Waals surface area contributed by atoms with E-state index in [1.165, 1.54) is 0 Å². The summed E-state index contributed by atoms with van der Waals surface area (Å²) in [5.41, 5.74) is 1.29. The molecule has 1 aliphatic rings. The van der Waals surface area contributed by atoms with Gasteiger partial charge in [0.25, 0.3) is 5.91 Å². The number of carbonyl (C=O) groups excluding carboxylic acids is 4. The van der Waals surface area contributed by atoms with Crippen molar-refractivity contribution in [3.8, 4) is 0 Å². The molecule has 1 aromatic carbocycles. The number of amides is 3. The number of halogens is 2. The van der Waals surface area contributed by atoms with Gasteiger partial charge in [-0.15, -0.1) is 0 Å². The van der Waals surface area contributed by atoms with Gasteiger partial charge in [-0.2, -0.15) is 0 Å². The van der Waals surface area contributed by atoms with E-state index in [4.69, 9.17) is 0 Å². The Labute approximate surface area is 226 Å². The summed E-state index contributed by atoms with van der Waals surface area (Å²) in [7, 11) is 3.43. The molecule has 3 N–H and O–H groups in total. The van der Waals surface area contributed by atoms with Crippen LogP contribution in [0.5, 0.6) is 0 Å². The highest BCUT2D eigenvalue weighted by atomic mass is 19.3. The number of hydrogen-bond acceptors (Lipinski definition) is 6. The van der Waals surface area contributed by atoms with Crippen molar-refractivity contribution in [2.45, 2.75) is 56.7 Å². The molecule has 3 rings (SSSR count). The highest BCUT2D eigenvalue weighted by Gasteiger charge is 2.38. The van der Waals surface area contributed by atoms with Crippen molar-refractivity contribution < 1.29 is 28.0 Å². The van der Waals surface area contributed by atoms with E-state index in [-0.39, 0.29) is 45.2 Å². The van der Waals surface area contributed by atoms with Gasteiger partial charge in [-0.1, -0.05) is 36.4 Å². The fourth-order valence-electron chi connectivity index (χ4n) is 4.40. The molecule has 1 fully saturated rings. The Morgan fingerprint density at radius 2 is 1.64 bits per heavy atom. The molecule has 39 heavy (non-hydrogen) atoms. The van der Waals surface area contributed by atoms with Crippen molar-refractivity contribution in [1.82, 2.24) is 25.8 Å². The van der Waals surface area contributed by atoms with Crippen molar-refractivity contribution in [3.05, 3.63) is 66.0 Å². The number of alkyl halides is 2. The Bertz CT molecular complexity index is 1120. The smallest absolute Gasteiger partial charge is 0.289 e. The minimum absolute atomic E-state index is 0.0285. The van der Waals surface area contributed by atoms with E-state index in [2.05, 4.69) is 20.9 Å². The Kier molecular flexibility index (Phi) is 10.6. The zero-order chi connectivity index (χ0) is 28.4. The lowest BCUT2D eigenvalue weighted by atomic mass is 9.86. The number of ketones is 1. The van der Waals surface area contributed by atoms with E-state index in [9.17, 15) is 28.0 Å². The number of carbonyl (C=O) groups is 4. The predicted octanol–water partition coefficient (Wildman–Crippen LogP) is 1.87. The molecule has 9 nitrogen and oxygen atoms in total. The van der Waals surface area contributed by atoms with Gasteiger partial charge in [-0.25, -0.2) is 8.78 Å². The van der Waals surface area contributed by atoms with Gasteiger partial charge in [-0.05, 0) is 44.6 Å². The quantitative estimate of drug-likeness (QED) is 0.352.